The number of ketones is 1. The van der Waals surface area contributed by atoms with Crippen molar-refractivity contribution in [1.82, 2.24) is 5.32 Å². The van der Waals surface area contributed by atoms with E-state index in [1.165, 1.54) is 0 Å². The summed E-state index contributed by atoms with van der Waals surface area (Å²) in [6.07, 6.45) is -1.76. The number of halogens is 3. The maximum atomic E-state index is 13.0. The summed E-state index contributed by atoms with van der Waals surface area (Å²) in [5, 5.41) is 10.1. The lowest BCUT2D eigenvalue weighted by atomic mass is 10.1. The Hall–Kier alpha value is -1.53. The number of benzene rings is 1. The van der Waals surface area contributed by atoms with Crippen LogP contribution >= 0.6 is 11.6 Å². The van der Waals surface area contributed by atoms with Crippen molar-refractivity contribution in [1.29, 1.82) is 0 Å². The van der Waals surface area contributed by atoms with Crippen molar-refractivity contribution >= 4 is 23.8 Å². The lowest BCUT2D eigenvalue weighted by molar-refractivity contribution is -0.111. The summed E-state index contributed by atoms with van der Waals surface area (Å²) >= 11 is 5.20. The Morgan fingerprint density at radius 1 is 1.44 bits per heavy atom. The predicted octanol–water partition coefficient (Wildman–Crippen LogP) is 0.865. The molecule has 86 valence electrons. The Morgan fingerprint density at radius 3 is 2.38 bits per heavy atom. The molecule has 0 saturated heterocycles. The number of carbonyl (C=O) groups excluding carboxylic acids is 2. The fourth-order valence-electron chi connectivity index (χ4n) is 0.996. The molecule has 4 nitrogen and oxygen atoms in total. The second-order valence-corrected chi connectivity index (χ2v) is 3.18. The highest BCUT2D eigenvalue weighted by Gasteiger charge is 2.19. The minimum absolute atomic E-state index is 0.0885. The van der Waals surface area contributed by atoms with Crippen molar-refractivity contribution in [2.75, 3.05) is 0 Å². The van der Waals surface area contributed by atoms with E-state index in [9.17, 15) is 18.4 Å². The van der Waals surface area contributed by atoms with Crippen LogP contribution < -0.4 is 5.32 Å². The maximum Gasteiger partial charge on any atom is 0.212 e. The maximum absolute atomic E-state index is 13.0. The van der Waals surface area contributed by atoms with Crippen molar-refractivity contribution < 1.29 is 23.5 Å². The smallest absolute Gasteiger partial charge is 0.212 e. The minimum Gasteiger partial charge on any atom is -0.367 e. The molecule has 7 heteroatoms. The molecule has 0 aliphatic carbocycles. The molecule has 1 amide bonds. The summed E-state index contributed by atoms with van der Waals surface area (Å²) in [7, 11) is 0. The van der Waals surface area contributed by atoms with Crippen molar-refractivity contribution in [3.63, 3.8) is 0 Å². The van der Waals surface area contributed by atoms with E-state index in [1.807, 2.05) is 0 Å². The summed E-state index contributed by atoms with van der Waals surface area (Å²) in [6, 6.07) is 1.34. The molecule has 2 N–H and O–H groups in total. The highest BCUT2D eigenvalue weighted by molar-refractivity contribution is 6.31. The molecule has 0 radical (unpaired) electrons. The van der Waals surface area contributed by atoms with Crippen molar-refractivity contribution in [2.45, 2.75) is 6.23 Å². The van der Waals surface area contributed by atoms with Crippen molar-refractivity contribution in [3.8, 4) is 0 Å². The molecule has 1 unspecified atom stereocenters. The second-order valence-electron chi connectivity index (χ2n) is 2.81. The summed E-state index contributed by atoms with van der Waals surface area (Å²) < 4.78 is 25.9. The van der Waals surface area contributed by atoms with E-state index in [2.05, 4.69) is 0 Å². The Bertz CT molecular complexity index is 416. The van der Waals surface area contributed by atoms with E-state index >= 15 is 0 Å². The third-order valence-corrected chi connectivity index (χ3v) is 2.10. The van der Waals surface area contributed by atoms with Gasteiger partial charge in [-0.2, -0.15) is 0 Å². The van der Waals surface area contributed by atoms with Gasteiger partial charge in [0.1, 0.15) is 16.7 Å². The normalized spacial score (nSPS) is 12.0. The van der Waals surface area contributed by atoms with Gasteiger partial charge in [-0.1, -0.05) is 11.6 Å². The molecule has 0 heterocycles. The van der Waals surface area contributed by atoms with E-state index in [0.717, 1.165) is 0 Å². The third-order valence-electron chi connectivity index (χ3n) is 1.74. The van der Waals surface area contributed by atoms with Gasteiger partial charge in [-0.25, -0.2) is 8.78 Å². The van der Waals surface area contributed by atoms with Gasteiger partial charge >= 0.3 is 0 Å². The number of hydrogen-bond donors (Lipinski definition) is 2. The lowest BCUT2D eigenvalue weighted by Crippen LogP contribution is -2.35. The molecule has 0 spiro atoms. The first-order chi connectivity index (χ1) is 7.47. The molecule has 0 saturated carbocycles. The Labute approximate surface area is 93.8 Å². The van der Waals surface area contributed by atoms with Crippen LogP contribution in [0.2, 0.25) is 5.02 Å². The topological polar surface area (TPSA) is 66.4 Å². The number of rotatable bonds is 4. The van der Waals surface area contributed by atoms with Gasteiger partial charge in [-0.15, -0.1) is 0 Å². The molecule has 0 fully saturated rings. The number of amides is 1. The Balaban J connectivity index is 3.05. The zero-order chi connectivity index (χ0) is 12.3. The molecule has 0 bridgehead atoms. The van der Waals surface area contributed by atoms with Crippen LogP contribution in [0.4, 0.5) is 8.78 Å². The van der Waals surface area contributed by atoms with Crippen LogP contribution in [0.25, 0.3) is 0 Å². The number of aliphatic hydroxyl groups excluding tert-OH is 1. The first-order valence-electron chi connectivity index (χ1n) is 4.04. The number of nitrogens with one attached hydrogen (secondary N) is 1. The zero-order valence-corrected chi connectivity index (χ0v) is 8.46. The standard InChI is InChI=1S/C9H6ClF2NO3/c10-7-5(11)1-4(2-6(7)12)8(15)9(16)13-3-14/h1-3,9,16H,(H,13,14). The molecular weight excluding hydrogens is 244 g/mol. The van der Waals surface area contributed by atoms with Crippen LogP contribution in [0.15, 0.2) is 12.1 Å². The first kappa shape index (κ1) is 12.5. The van der Waals surface area contributed by atoms with Crippen LogP contribution in [0.3, 0.4) is 0 Å². The molecule has 1 rings (SSSR count). The van der Waals surface area contributed by atoms with E-state index < -0.39 is 34.2 Å². The molecule has 1 aromatic rings. The first-order valence-corrected chi connectivity index (χ1v) is 4.41. The number of hydrogen-bond acceptors (Lipinski definition) is 3. The Morgan fingerprint density at radius 2 is 1.94 bits per heavy atom. The zero-order valence-electron chi connectivity index (χ0n) is 7.71. The van der Waals surface area contributed by atoms with Gasteiger partial charge in [0.25, 0.3) is 0 Å². The third kappa shape index (κ3) is 2.53. The summed E-state index contributed by atoms with van der Waals surface area (Å²) in [5.74, 6) is -3.28. The molecule has 1 aromatic carbocycles. The van der Waals surface area contributed by atoms with Crippen molar-refractivity contribution in [3.05, 3.63) is 34.4 Å². The monoisotopic (exact) mass is 249 g/mol. The number of carbonyl (C=O) groups is 2. The van der Waals surface area contributed by atoms with Crippen molar-refractivity contribution in [2.24, 2.45) is 0 Å². The molecule has 16 heavy (non-hydrogen) atoms. The lowest BCUT2D eigenvalue weighted by Gasteiger charge is -2.08. The van der Waals surface area contributed by atoms with Crippen LogP contribution in [-0.4, -0.2) is 23.5 Å². The number of aliphatic hydroxyl groups is 1. The van der Waals surface area contributed by atoms with E-state index in [-0.39, 0.29) is 6.41 Å². The van der Waals surface area contributed by atoms with Crippen LogP contribution in [0.1, 0.15) is 10.4 Å². The molecule has 0 aliphatic heterocycles. The van der Waals surface area contributed by atoms with Gasteiger partial charge in [0.2, 0.25) is 12.2 Å². The molecule has 0 aliphatic rings. The fourth-order valence-corrected chi connectivity index (χ4v) is 1.10. The highest BCUT2D eigenvalue weighted by atomic mass is 35.5. The average Bonchev–Trinajstić information content (AvgIpc) is 2.24. The van der Waals surface area contributed by atoms with Gasteiger partial charge in [0, 0.05) is 5.56 Å². The van der Waals surface area contributed by atoms with Gasteiger partial charge in [-0.05, 0) is 12.1 Å². The minimum atomic E-state index is -1.85. The SMILES string of the molecule is O=CNC(O)C(=O)c1cc(F)c(Cl)c(F)c1. The van der Waals surface area contributed by atoms with E-state index in [0.29, 0.717) is 12.1 Å². The average molecular weight is 250 g/mol. The second kappa shape index (κ2) is 5.00. The fraction of sp³-hybridized carbons (Fsp3) is 0.111. The summed E-state index contributed by atoms with van der Waals surface area (Å²) in [5.41, 5.74) is -0.429. The highest BCUT2D eigenvalue weighted by Crippen LogP contribution is 2.20. The van der Waals surface area contributed by atoms with Gasteiger partial charge in [0.15, 0.2) is 6.23 Å². The van der Waals surface area contributed by atoms with E-state index in [1.54, 1.807) is 5.32 Å². The molecule has 1 atom stereocenters. The van der Waals surface area contributed by atoms with E-state index in [4.69, 9.17) is 16.7 Å². The summed E-state index contributed by atoms with van der Waals surface area (Å²) in [6.45, 7) is 0. The van der Waals surface area contributed by atoms with Gasteiger partial charge < -0.3 is 10.4 Å². The number of Topliss-reactive ketones (excluding diaryl/α,β-unsaturated/α-hetero) is 1. The molecular formula is C9H6ClF2NO3. The largest absolute Gasteiger partial charge is 0.367 e. The Kier molecular flexibility index (Phi) is 3.92. The molecule has 0 aromatic heterocycles. The predicted molar refractivity (Wildman–Crippen MR) is 50.9 cm³/mol. The summed E-state index contributed by atoms with van der Waals surface area (Å²) in [4.78, 5) is 21.2. The van der Waals surface area contributed by atoms with Crippen LogP contribution in [-0.2, 0) is 4.79 Å². The van der Waals surface area contributed by atoms with Gasteiger partial charge in [0.05, 0.1) is 0 Å². The quantitative estimate of drug-likeness (QED) is 0.360. The van der Waals surface area contributed by atoms with Crippen LogP contribution in [0.5, 0.6) is 0 Å². The van der Waals surface area contributed by atoms with Gasteiger partial charge in [-0.3, -0.25) is 9.59 Å². The van der Waals surface area contributed by atoms with Crippen LogP contribution in [0, 0.1) is 11.6 Å².